The molecule has 114 valence electrons. The van der Waals surface area contributed by atoms with Crippen LogP contribution in [0.5, 0.6) is 0 Å². The topological polar surface area (TPSA) is 112 Å². The van der Waals surface area contributed by atoms with E-state index in [2.05, 4.69) is 0 Å². The molecule has 7 nitrogen and oxygen atoms in total. The fourth-order valence-electron chi connectivity index (χ4n) is 1.48. The summed E-state index contributed by atoms with van der Waals surface area (Å²) < 4.78 is 0. The van der Waals surface area contributed by atoms with E-state index in [1.807, 2.05) is 0 Å². The molecule has 0 fully saturated rings. The van der Waals surface area contributed by atoms with Crippen LogP contribution in [0.4, 0.5) is 0 Å². The van der Waals surface area contributed by atoms with Crippen molar-refractivity contribution in [2.75, 3.05) is 18.8 Å². The van der Waals surface area contributed by atoms with Crippen molar-refractivity contribution >= 4 is 34.7 Å². The molecule has 0 spiro atoms. The zero-order valence-electron chi connectivity index (χ0n) is 11.5. The second-order valence-corrected chi connectivity index (χ2v) is 5.55. The minimum absolute atomic E-state index is 0.0759. The first kappa shape index (κ1) is 18.4. The predicted molar refractivity (Wildman–Crippen MR) is 73.4 cm³/mol. The smallest absolute Gasteiger partial charge is 0.323 e. The van der Waals surface area contributed by atoms with Gasteiger partial charge in [0, 0.05) is 31.6 Å². The van der Waals surface area contributed by atoms with Gasteiger partial charge in [-0.15, -0.1) is 0 Å². The van der Waals surface area contributed by atoms with Gasteiger partial charge in [0.05, 0.1) is 0 Å². The van der Waals surface area contributed by atoms with E-state index in [1.54, 1.807) is 6.92 Å². The van der Waals surface area contributed by atoms with Gasteiger partial charge in [-0.25, -0.2) is 0 Å². The van der Waals surface area contributed by atoms with Gasteiger partial charge in [0.25, 0.3) is 0 Å². The van der Waals surface area contributed by atoms with Gasteiger partial charge in [-0.3, -0.25) is 19.2 Å². The Hall–Kier alpha value is -1.57. The van der Waals surface area contributed by atoms with E-state index >= 15 is 0 Å². The third-order valence-electron chi connectivity index (χ3n) is 2.41. The standard InChI is InChI=1S/C12H19NO6S/c1-8(7-20-9(2)14)12(19)13(6-11(17)18)5-3-4-10(15)16/h8H,3-7H2,1-2H3,(H,15,16)(H,17,18). The molecule has 0 rings (SSSR count). The number of carboxylic acid groups (broad SMARTS) is 2. The molecule has 0 aliphatic carbocycles. The summed E-state index contributed by atoms with van der Waals surface area (Å²) in [7, 11) is 0. The Bertz CT molecular complexity index is 384. The Morgan fingerprint density at radius 2 is 1.75 bits per heavy atom. The first-order chi connectivity index (χ1) is 9.23. The summed E-state index contributed by atoms with van der Waals surface area (Å²) in [6.07, 6.45) is 0.0703. The highest BCUT2D eigenvalue weighted by Crippen LogP contribution is 2.12. The first-order valence-corrected chi connectivity index (χ1v) is 7.08. The van der Waals surface area contributed by atoms with Gasteiger partial charge in [-0.2, -0.15) is 0 Å². The van der Waals surface area contributed by atoms with Crippen molar-refractivity contribution in [3.63, 3.8) is 0 Å². The molecule has 1 atom stereocenters. The number of carbonyl (C=O) groups excluding carboxylic acids is 2. The highest BCUT2D eigenvalue weighted by atomic mass is 32.2. The molecule has 8 heteroatoms. The monoisotopic (exact) mass is 305 g/mol. The summed E-state index contributed by atoms with van der Waals surface area (Å²) in [5, 5.41) is 17.2. The summed E-state index contributed by atoms with van der Waals surface area (Å²) >= 11 is 1.00. The SMILES string of the molecule is CC(=O)SCC(C)C(=O)N(CCCC(=O)O)CC(=O)O. The van der Waals surface area contributed by atoms with Crippen LogP contribution in [-0.2, 0) is 19.2 Å². The number of aliphatic carboxylic acids is 2. The molecule has 0 aromatic rings. The molecular formula is C12H19NO6S. The van der Waals surface area contributed by atoms with Crippen LogP contribution in [0.25, 0.3) is 0 Å². The van der Waals surface area contributed by atoms with E-state index in [0.717, 1.165) is 16.7 Å². The number of rotatable bonds is 9. The zero-order valence-corrected chi connectivity index (χ0v) is 12.3. The minimum atomic E-state index is -1.15. The Labute approximate surface area is 121 Å². The summed E-state index contributed by atoms with van der Waals surface area (Å²) in [6.45, 7) is 2.62. The zero-order chi connectivity index (χ0) is 15.7. The molecule has 0 radical (unpaired) electrons. The van der Waals surface area contributed by atoms with Crippen LogP contribution in [0, 0.1) is 5.92 Å². The Morgan fingerprint density at radius 3 is 2.20 bits per heavy atom. The molecule has 1 unspecified atom stereocenters. The van der Waals surface area contributed by atoms with Crippen molar-refractivity contribution in [2.24, 2.45) is 5.92 Å². The van der Waals surface area contributed by atoms with Crippen LogP contribution in [0.3, 0.4) is 0 Å². The van der Waals surface area contributed by atoms with Crippen molar-refractivity contribution in [2.45, 2.75) is 26.7 Å². The van der Waals surface area contributed by atoms with Gasteiger partial charge < -0.3 is 15.1 Å². The summed E-state index contributed by atoms with van der Waals surface area (Å²) in [4.78, 5) is 45.2. The average Bonchev–Trinajstić information content (AvgIpc) is 2.32. The maximum absolute atomic E-state index is 12.1. The largest absolute Gasteiger partial charge is 0.481 e. The highest BCUT2D eigenvalue weighted by Gasteiger charge is 2.22. The lowest BCUT2D eigenvalue weighted by atomic mass is 10.1. The third kappa shape index (κ3) is 8.52. The van der Waals surface area contributed by atoms with Crippen LogP contribution >= 0.6 is 11.8 Å². The normalized spacial score (nSPS) is 11.7. The molecule has 0 aliphatic heterocycles. The highest BCUT2D eigenvalue weighted by molar-refractivity contribution is 8.13. The van der Waals surface area contributed by atoms with E-state index < -0.39 is 24.4 Å². The summed E-state index contributed by atoms with van der Waals surface area (Å²) in [5.41, 5.74) is 0. The van der Waals surface area contributed by atoms with Crippen LogP contribution in [0.1, 0.15) is 26.7 Å². The van der Waals surface area contributed by atoms with Gasteiger partial charge >= 0.3 is 11.9 Å². The van der Waals surface area contributed by atoms with E-state index in [-0.39, 0.29) is 36.2 Å². The lowest BCUT2D eigenvalue weighted by Crippen LogP contribution is -2.40. The van der Waals surface area contributed by atoms with Crippen molar-refractivity contribution in [1.82, 2.24) is 4.90 Å². The summed E-state index contributed by atoms with van der Waals surface area (Å²) in [6, 6.07) is 0. The number of carboxylic acids is 2. The van der Waals surface area contributed by atoms with Crippen LogP contribution < -0.4 is 0 Å². The molecule has 0 bridgehead atoms. The van der Waals surface area contributed by atoms with Gasteiger partial charge in [-0.1, -0.05) is 18.7 Å². The number of carbonyl (C=O) groups is 4. The Balaban J connectivity index is 4.49. The molecule has 0 saturated heterocycles. The molecule has 0 heterocycles. The quantitative estimate of drug-likeness (QED) is 0.644. The third-order valence-corrected chi connectivity index (χ3v) is 3.49. The van der Waals surface area contributed by atoms with Crippen molar-refractivity contribution in [3.8, 4) is 0 Å². The molecule has 0 aliphatic rings. The number of hydrogen-bond donors (Lipinski definition) is 2. The van der Waals surface area contributed by atoms with E-state index in [0.29, 0.717) is 0 Å². The second kappa shape index (κ2) is 9.35. The number of thioether (sulfide) groups is 1. The van der Waals surface area contributed by atoms with Crippen LogP contribution in [0.15, 0.2) is 0 Å². The first-order valence-electron chi connectivity index (χ1n) is 6.09. The van der Waals surface area contributed by atoms with Crippen LogP contribution in [0.2, 0.25) is 0 Å². The Morgan fingerprint density at radius 1 is 1.15 bits per heavy atom. The van der Waals surface area contributed by atoms with E-state index in [1.165, 1.54) is 6.92 Å². The predicted octanol–water partition coefficient (Wildman–Crippen LogP) is 0.680. The molecule has 2 N–H and O–H groups in total. The molecule has 0 aromatic carbocycles. The van der Waals surface area contributed by atoms with Gasteiger partial charge in [0.2, 0.25) is 5.91 Å². The Kier molecular flexibility index (Phi) is 8.62. The lowest BCUT2D eigenvalue weighted by Gasteiger charge is -2.23. The van der Waals surface area contributed by atoms with E-state index in [9.17, 15) is 19.2 Å². The fraction of sp³-hybridized carbons (Fsp3) is 0.667. The van der Waals surface area contributed by atoms with Gasteiger partial charge in [0.1, 0.15) is 6.54 Å². The average molecular weight is 305 g/mol. The van der Waals surface area contributed by atoms with Gasteiger partial charge in [-0.05, 0) is 6.42 Å². The molecule has 0 saturated carbocycles. The van der Waals surface area contributed by atoms with Gasteiger partial charge in [0.15, 0.2) is 5.12 Å². The van der Waals surface area contributed by atoms with Crippen molar-refractivity contribution < 1.29 is 29.4 Å². The number of nitrogens with zero attached hydrogens (tertiary/aromatic N) is 1. The minimum Gasteiger partial charge on any atom is -0.481 e. The fourth-order valence-corrected chi connectivity index (χ4v) is 2.10. The number of amides is 1. The second-order valence-electron chi connectivity index (χ2n) is 4.35. The molecule has 20 heavy (non-hydrogen) atoms. The summed E-state index contributed by atoms with van der Waals surface area (Å²) in [5.74, 6) is -2.74. The number of hydrogen-bond acceptors (Lipinski definition) is 5. The van der Waals surface area contributed by atoms with Crippen molar-refractivity contribution in [1.29, 1.82) is 0 Å². The van der Waals surface area contributed by atoms with E-state index in [4.69, 9.17) is 10.2 Å². The molecule has 0 aromatic heterocycles. The molecular weight excluding hydrogens is 286 g/mol. The lowest BCUT2D eigenvalue weighted by molar-refractivity contribution is -0.146. The van der Waals surface area contributed by atoms with Crippen LogP contribution in [-0.4, -0.2) is 56.9 Å². The maximum atomic E-state index is 12.1. The van der Waals surface area contributed by atoms with Crippen molar-refractivity contribution in [3.05, 3.63) is 0 Å². The maximum Gasteiger partial charge on any atom is 0.323 e. The molecule has 1 amide bonds.